The van der Waals surface area contributed by atoms with Crippen LogP contribution in [0.3, 0.4) is 0 Å². The molecular formula is C24H21NO. The molecule has 3 aromatic carbocycles. The molecule has 26 heavy (non-hydrogen) atoms. The molecule has 1 aliphatic rings. The predicted octanol–water partition coefficient (Wildman–Crippen LogP) is 5.08. The van der Waals surface area contributed by atoms with E-state index in [9.17, 15) is 5.11 Å². The van der Waals surface area contributed by atoms with Crippen LogP contribution in [0.4, 0.5) is 0 Å². The van der Waals surface area contributed by atoms with Crippen molar-refractivity contribution in [1.82, 2.24) is 4.90 Å². The molecule has 0 amide bonds. The second-order valence-electron chi connectivity index (χ2n) is 6.44. The van der Waals surface area contributed by atoms with E-state index < -0.39 is 6.23 Å². The summed E-state index contributed by atoms with van der Waals surface area (Å²) < 4.78 is 0. The second kappa shape index (κ2) is 7.42. The van der Waals surface area contributed by atoms with E-state index in [-0.39, 0.29) is 0 Å². The molecule has 0 radical (unpaired) electrons. The van der Waals surface area contributed by atoms with Gasteiger partial charge in [0.25, 0.3) is 0 Å². The Labute approximate surface area is 154 Å². The third-order valence-electron chi connectivity index (χ3n) is 4.62. The van der Waals surface area contributed by atoms with Crippen molar-refractivity contribution in [2.24, 2.45) is 0 Å². The van der Waals surface area contributed by atoms with Crippen LogP contribution < -0.4 is 0 Å². The first kappa shape index (κ1) is 16.4. The average Bonchev–Trinajstić information content (AvgIpc) is 3.03. The van der Waals surface area contributed by atoms with Gasteiger partial charge in [-0.15, -0.1) is 0 Å². The zero-order valence-corrected chi connectivity index (χ0v) is 14.5. The number of benzene rings is 3. The second-order valence-corrected chi connectivity index (χ2v) is 6.44. The first-order valence-corrected chi connectivity index (χ1v) is 8.84. The number of rotatable bonds is 4. The van der Waals surface area contributed by atoms with Gasteiger partial charge in [-0.1, -0.05) is 84.9 Å². The summed E-state index contributed by atoms with van der Waals surface area (Å²) >= 11 is 0. The Balaban J connectivity index is 1.55. The van der Waals surface area contributed by atoms with E-state index in [1.807, 2.05) is 41.3 Å². The summed E-state index contributed by atoms with van der Waals surface area (Å²) in [4.78, 5) is 2.00. The number of aliphatic hydroxyl groups is 1. The monoisotopic (exact) mass is 339 g/mol. The normalized spacial score (nSPS) is 17.8. The molecule has 0 saturated heterocycles. The summed E-state index contributed by atoms with van der Waals surface area (Å²) in [6.07, 6.45) is 5.35. The highest BCUT2D eigenvalue weighted by Gasteiger charge is 2.20. The van der Waals surface area contributed by atoms with Gasteiger partial charge in [0.15, 0.2) is 0 Å². The van der Waals surface area contributed by atoms with Gasteiger partial charge in [0.2, 0.25) is 0 Å². The molecule has 3 aromatic rings. The lowest BCUT2D eigenvalue weighted by molar-refractivity contribution is 0.0774. The number of hydrogen-bond acceptors (Lipinski definition) is 2. The van der Waals surface area contributed by atoms with Crippen molar-refractivity contribution in [1.29, 1.82) is 0 Å². The number of hydrogen-bond donors (Lipinski definition) is 1. The minimum Gasteiger partial charge on any atom is -0.370 e. The molecule has 0 bridgehead atoms. The van der Waals surface area contributed by atoms with Crippen LogP contribution in [0.1, 0.15) is 11.1 Å². The molecule has 1 aliphatic heterocycles. The molecule has 2 nitrogen and oxygen atoms in total. The van der Waals surface area contributed by atoms with E-state index in [0.29, 0.717) is 6.54 Å². The molecular weight excluding hydrogens is 318 g/mol. The fraction of sp³-hybridized carbons (Fsp3) is 0.0833. The zero-order valence-electron chi connectivity index (χ0n) is 14.5. The third-order valence-corrected chi connectivity index (χ3v) is 4.62. The molecule has 1 N–H and O–H groups in total. The van der Waals surface area contributed by atoms with Crippen molar-refractivity contribution >= 4 is 6.08 Å². The summed E-state index contributed by atoms with van der Waals surface area (Å²) in [7, 11) is 0. The van der Waals surface area contributed by atoms with Gasteiger partial charge in [0, 0.05) is 12.2 Å². The fourth-order valence-electron chi connectivity index (χ4n) is 3.21. The quantitative estimate of drug-likeness (QED) is 0.716. The lowest BCUT2D eigenvalue weighted by Crippen LogP contribution is -2.27. The first-order valence-electron chi connectivity index (χ1n) is 8.84. The molecule has 1 heterocycles. The zero-order chi connectivity index (χ0) is 17.8. The topological polar surface area (TPSA) is 23.5 Å². The standard InChI is InChI=1S/C24H21NO/c26-24-16-15-23(25(24)18-20-7-3-1-4-8-20)17-19-11-13-22(14-12-19)21-9-5-2-6-10-21/h1-17,24,26H,18H2/b23-17+. The summed E-state index contributed by atoms with van der Waals surface area (Å²) in [5.41, 5.74) is 5.75. The van der Waals surface area contributed by atoms with E-state index in [1.165, 1.54) is 16.7 Å². The minimum atomic E-state index is -0.579. The van der Waals surface area contributed by atoms with E-state index >= 15 is 0 Å². The molecule has 128 valence electrons. The highest BCUT2D eigenvalue weighted by molar-refractivity contribution is 5.66. The van der Waals surface area contributed by atoms with Crippen molar-refractivity contribution in [3.63, 3.8) is 0 Å². The molecule has 0 saturated carbocycles. The molecule has 0 aromatic heterocycles. The van der Waals surface area contributed by atoms with Gasteiger partial charge < -0.3 is 10.0 Å². The van der Waals surface area contributed by atoms with Crippen molar-refractivity contribution in [2.75, 3.05) is 0 Å². The Hall–Kier alpha value is -3.10. The molecule has 0 spiro atoms. The van der Waals surface area contributed by atoms with Crippen LogP contribution in [0, 0.1) is 0 Å². The smallest absolute Gasteiger partial charge is 0.146 e. The Morgan fingerprint density at radius 3 is 2.08 bits per heavy atom. The van der Waals surface area contributed by atoms with Crippen LogP contribution in [0.15, 0.2) is 103 Å². The molecule has 1 atom stereocenters. The van der Waals surface area contributed by atoms with E-state index in [1.54, 1.807) is 0 Å². The van der Waals surface area contributed by atoms with Crippen molar-refractivity contribution in [3.8, 4) is 11.1 Å². The van der Waals surface area contributed by atoms with Crippen molar-refractivity contribution < 1.29 is 5.11 Å². The number of nitrogens with zero attached hydrogens (tertiary/aromatic N) is 1. The van der Waals surface area contributed by atoms with Crippen LogP contribution in [-0.2, 0) is 6.54 Å². The maximum atomic E-state index is 10.3. The first-order chi connectivity index (χ1) is 12.8. The number of allylic oxidation sites excluding steroid dienone is 1. The average molecular weight is 339 g/mol. The highest BCUT2D eigenvalue weighted by Crippen LogP contribution is 2.25. The Kier molecular flexibility index (Phi) is 4.67. The lowest BCUT2D eigenvalue weighted by Gasteiger charge is -2.24. The van der Waals surface area contributed by atoms with Gasteiger partial charge in [0.05, 0.1) is 0 Å². The van der Waals surface area contributed by atoms with Gasteiger partial charge in [-0.25, -0.2) is 0 Å². The maximum absolute atomic E-state index is 10.3. The Morgan fingerprint density at radius 1 is 0.769 bits per heavy atom. The summed E-state index contributed by atoms with van der Waals surface area (Å²) in [5.74, 6) is 0. The van der Waals surface area contributed by atoms with Crippen molar-refractivity contribution in [2.45, 2.75) is 12.8 Å². The summed E-state index contributed by atoms with van der Waals surface area (Å²) in [6, 6.07) is 29.1. The molecule has 2 heteroatoms. The minimum absolute atomic E-state index is 0.579. The Morgan fingerprint density at radius 2 is 1.38 bits per heavy atom. The van der Waals surface area contributed by atoms with Crippen molar-refractivity contribution in [3.05, 3.63) is 114 Å². The van der Waals surface area contributed by atoms with Gasteiger partial charge >= 0.3 is 0 Å². The van der Waals surface area contributed by atoms with Crippen LogP contribution in [0.25, 0.3) is 17.2 Å². The highest BCUT2D eigenvalue weighted by atomic mass is 16.3. The van der Waals surface area contributed by atoms with Crippen LogP contribution >= 0.6 is 0 Å². The van der Waals surface area contributed by atoms with Gasteiger partial charge in [-0.3, -0.25) is 0 Å². The van der Waals surface area contributed by atoms with E-state index in [0.717, 1.165) is 11.3 Å². The maximum Gasteiger partial charge on any atom is 0.146 e. The largest absolute Gasteiger partial charge is 0.370 e. The molecule has 4 rings (SSSR count). The van der Waals surface area contributed by atoms with Crippen LogP contribution in [-0.4, -0.2) is 16.2 Å². The summed E-state index contributed by atoms with van der Waals surface area (Å²) in [6.45, 7) is 0.683. The number of aliphatic hydroxyl groups excluding tert-OH is 1. The molecule has 0 fully saturated rings. The molecule has 0 aliphatic carbocycles. The molecule has 1 unspecified atom stereocenters. The van der Waals surface area contributed by atoms with Crippen LogP contribution in [0.2, 0.25) is 0 Å². The van der Waals surface area contributed by atoms with Gasteiger partial charge in [0.1, 0.15) is 6.23 Å². The van der Waals surface area contributed by atoms with Gasteiger partial charge in [-0.2, -0.15) is 0 Å². The lowest BCUT2D eigenvalue weighted by atomic mass is 10.0. The van der Waals surface area contributed by atoms with E-state index in [2.05, 4.69) is 66.7 Å². The predicted molar refractivity (Wildman–Crippen MR) is 107 cm³/mol. The Bertz CT molecular complexity index is 911. The van der Waals surface area contributed by atoms with E-state index in [4.69, 9.17) is 0 Å². The SMILES string of the molecule is OC1C=C/C(=C\c2ccc(-c3ccccc3)cc2)N1Cc1ccccc1. The summed E-state index contributed by atoms with van der Waals surface area (Å²) in [5, 5.41) is 10.3. The third kappa shape index (κ3) is 3.61. The van der Waals surface area contributed by atoms with Gasteiger partial charge in [-0.05, 0) is 40.5 Å². The van der Waals surface area contributed by atoms with Crippen LogP contribution in [0.5, 0.6) is 0 Å². The fourth-order valence-corrected chi connectivity index (χ4v) is 3.21.